The van der Waals surface area contributed by atoms with Crippen LogP contribution < -0.4 is 5.32 Å². The van der Waals surface area contributed by atoms with Crippen molar-refractivity contribution in [2.75, 3.05) is 5.32 Å². The van der Waals surface area contributed by atoms with Gasteiger partial charge in [-0.25, -0.2) is 4.68 Å². The van der Waals surface area contributed by atoms with Crippen molar-refractivity contribution in [3.05, 3.63) is 82.4 Å². The lowest BCUT2D eigenvalue weighted by atomic mass is 10.1. The molecule has 0 unspecified atom stereocenters. The number of nitriles is 1. The Hall–Kier alpha value is -4.25. The predicted octanol–water partition coefficient (Wildman–Crippen LogP) is 3.94. The second kappa shape index (κ2) is 6.57. The maximum atomic E-state index is 11.3. The number of hydrogen-bond donors (Lipinski definition) is 1. The molecule has 0 spiro atoms. The van der Waals surface area contributed by atoms with E-state index in [0.29, 0.717) is 16.9 Å². The van der Waals surface area contributed by atoms with Gasteiger partial charge in [0.05, 0.1) is 27.8 Å². The van der Waals surface area contributed by atoms with Crippen molar-refractivity contribution in [1.29, 1.82) is 5.26 Å². The van der Waals surface area contributed by atoms with E-state index in [9.17, 15) is 10.1 Å². The number of fused-ring (bicyclic) bond motifs is 1. The second-order valence-corrected chi connectivity index (χ2v) is 5.77. The molecule has 130 valence electrons. The van der Waals surface area contributed by atoms with E-state index in [1.807, 2.05) is 42.5 Å². The van der Waals surface area contributed by atoms with Crippen LogP contribution in [0.4, 0.5) is 17.1 Å². The minimum Gasteiger partial charge on any atom is -0.350 e. The van der Waals surface area contributed by atoms with Crippen LogP contribution in [0.25, 0.3) is 16.7 Å². The summed E-state index contributed by atoms with van der Waals surface area (Å²) in [5.74, 6) is 0. The number of anilines is 2. The fourth-order valence-corrected chi connectivity index (χ4v) is 2.77. The highest BCUT2D eigenvalue weighted by molar-refractivity contribution is 5.82. The molecule has 0 aliphatic rings. The van der Waals surface area contributed by atoms with E-state index in [1.54, 1.807) is 16.8 Å². The normalized spacial score (nSPS) is 10.5. The molecule has 8 nitrogen and oxygen atoms in total. The number of rotatable bonds is 4. The minimum atomic E-state index is -0.520. The number of para-hydroxylation sites is 1. The topological polar surface area (TPSA) is 110 Å². The van der Waals surface area contributed by atoms with Gasteiger partial charge in [-0.05, 0) is 42.5 Å². The molecule has 0 bridgehead atoms. The zero-order valence-corrected chi connectivity index (χ0v) is 13.9. The molecular formula is C19H12N6O2. The Kier molecular flexibility index (Phi) is 3.95. The van der Waals surface area contributed by atoms with Gasteiger partial charge in [-0.3, -0.25) is 10.1 Å². The first-order valence-electron chi connectivity index (χ1n) is 8.02. The molecule has 0 aliphatic carbocycles. The molecule has 4 rings (SSSR count). The summed E-state index contributed by atoms with van der Waals surface area (Å²) in [5, 5.41) is 31.6. The van der Waals surface area contributed by atoms with Crippen molar-refractivity contribution in [2.24, 2.45) is 0 Å². The molecule has 1 N–H and O–H groups in total. The van der Waals surface area contributed by atoms with Gasteiger partial charge in [0.25, 0.3) is 5.69 Å². The Labute approximate surface area is 153 Å². The van der Waals surface area contributed by atoms with Crippen molar-refractivity contribution in [1.82, 2.24) is 15.0 Å². The van der Waals surface area contributed by atoms with Crippen LogP contribution in [0.15, 0.2) is 66.7 Å². The average molecular weight is 356 g/mol. The highest BCUT2D eigenvalue weighted by atomic mass is 16.6. The average Bonchev–Trinajstić information content (AvgIpc) is 3.12. The third-order valence-electron chi connectivity index (χ3n) is 4.05. The van der Waals surface area contributed by atoms with Crippen LogP contribution in [0.3, 0.4) is 0 Å². The predicted molar refractivity (Wildman–Crippen MR) is 100.0 cm³/mol. The van der Waals surface area contributed by atoms with E-state index in [2.05, 4.69) is 15.6 Å². The van der Waals surface area contributed by atoms with E-state index in [1.165, 1.54) is 18.2 Å². The largest absolute Gasteiger partial charge is 0.350 e. The monoisotopic (exact) mass is 356 g/mol. The highest BCUT2D eigenvalue weighted by Gasteiger charge is 2.15. The molecule has 0 aliphatic heterocycles. The van der Waals surface area contributed by atoms with E-state index >= 15 is 0 Å². The van der Waals surface area contributed by atoms with Crippen LogP contribution >= 0.6 is 0 Å². The second-order valence-electron chi connectivity index (χ2n) is 5.77. The Bertz CT molecular complexity index is 1190. The minimum absolute atomic E-state index is 0.165. The summed E-state index contributed by atoms with van der Waals surface area (Å²) in [6.07, 6.45) is 0. The number of nitro groups is 1. The van der Waals surface area contributed by atoms with Crippen molar-refractivity contribution >= 4 is 28.1 Å². The number of hydrogen-bond acceptors (Lipinski definition) is 6. The molecule has 27 heavy (non-hydrogen) atoms. The van der Waals surface area contributed by atoms with Crippen LogP contribution in [0.5, 0.6) is 0 Å². The lowest BCUT2D eigenvalue weighted by Crippen LogP contribution is -1.98. The summed E-state index contributed by atoms with van der Waals surface area (Å²) >= 11 is 0. The Morgan fingerprint density at radius 3 is 2.63 bits per heavy atom. The molecule has 4 aromatic rings. The number of benzene rings is 3. The molecule has 0 atom stereocenters. The summed E-state index contributed by atoms with van der Waals surface area (Å²) in [4.78, 5) is 10.8. The van der Waals surface area contributed by atoms with Crippen molar-refractivity contribution < 1.29 is 4.92 Å². The summed E-state index contributed by atoms with van der Waals surface area (Å²) in [5.41, 5.74) is 3.37. The Morgan fingerprint density at radius 1 is 1.07 bits per heavy atom. The first-order chi connectivity index (χ1) is 13.2. The van der Waals surface area contributed by atoms with Gasteiger partial charge in [-0.2, -0.15) is 5.26 Å². The molecule has 3 aromatic carbocycles. The van der Waals surface area contributed by atoms with Crippen molar-refractivity contribution in [2.45, 2.75) is 0 Å². The van der Waals surface area contributed by atoms with E-state index in [-0.39, 0.29) is 11.3 Å². The fraction of sp³-hybridized carbons (Fsp3) is 0. The van der Waals surface area contributed by atoms with E-state index in [0.717, 1.165) is 11.2 Å². The zero-order chi connectivity index (χ0) is 18.8. The number of nitro benzene ring substituents is 1. The van der Waals surface area contributed by atoms with Gasteiger partial charge in [0.15, 0.2) is 0 Å². The molecule has 0 saturated carbocycles. The van der Waals surface area contributed by atoms with Gasteiger partial charge in [-0.1, -0.05) is 23.4 Å². The molecule has 1 aromatic heterocycles. The SMILES string of the molecule is N#Cc1ccc(Nc2ccc3c(c2)nnn3-c2ccccc2)c([N+](=O)[O-])c1. The third kappa shape index (κ3) is 3.05. The summed E-state index contributed by atoms with van der Waals surface area (Å²) < 4.78 is 1.73. The van der Waals surface area contributed by atoms with Crippen molar-refractivity contribution in [3.8, 4) is 11.8 Å². The molecule has 1 heterocycles. The Morgan fingerprint density at radius 2 is 1.89 bits per heavy atom. The van der Waals surface area contributed by atoms with E-state index < -0.39 is 4.92 Å². The van der Waals surface area contributed by atoms with Crippen molar-refractivity contribution in [3.63, 3.8) is 0 Å². The number of nitrogens with one attached hydrogen (secondary N) is 1. The standard InChI is InChI=1S/C19H12N6O2/c20-12-13-6-8-16(19(10-13)25(26)27)21-14-7-9-18-17(11-14)22-23-24(18)15-4-2-1-3-5-15/h1-11,21H. The number of nitrogens with zero attached hydrogens (tertiary/aromatic N) is 5. The maximum Gasteiger partial charge on any atom is 0.293 e. The molecule has 8 heteroatoms. The molecule has 0 radical (unpaired) electrons. The lowest BCUT2D eigenvalue weighted by Gasteiger charge is -2.08. The molecular weight excluding hydrogens is 344 g/mol. The number of aromatic nitrogens is 3. The quantitative estimate of drug-likeness (QED) is 0.438. The van der Waals surface area contributed by atoms with E-state index in [4.69, 9.17) is 5.26 Å². The first-order valence-corrected chi connectivity index (χ1v) is 8.02. The van der Waals surface area contributed by atoms with Gasteiger partial charge >= 0.3 is 0 Å². The Balaban J connectivity index is 1.70. The first kappa shape index (κ1) is 16.2. The van der Waals surface area contributed by atoms with Crippen LogP contribution in [0.2, 0.25) is 0 Å². The summed E-state index contributed by atoms with van der Waals surface area (Å²) in [6.45, 7) is 0. The smallest absolute Gasteiger partial charge is 0.293 e. The van der Waals surface area contributed by atoms with Crippen LogP contribution in [0, 0.1) is 21.4 Å². The van der Waals surface area contributed by atoms with Crippen LogP contribution in [-0.2, 0) is 0 Å². The van der Waals surface area contributed by atoms with Gasteiger partial charge in [-0.15, -0.1) is 5.10 Å². The highest BCUT2D eigenvalue weighted by Crippen LogP contribution is 2.29. The van der Waals surface area contributed by atoms with Crippen LogP contribution in [-0.4, -0.2) is 19.9 Å². The third-order valence-corrected chi connectivity index (χ3v) is 4.05. The van der Waals surface area contributed by atoms with Crippen LogP contribution in [0.1, 0.15) is 5.56 Å². The summed E-state index contributed by atoms with van der Waals surface area (Å²) in [6, 6.07) is 21.2. The van der Waals surface area contributed by atoms with Gasteiger partial charge < -0.3 is 5.32 Å². The molecule has 0 amide bonds. The van der Waals surface area contributed by atoms with Gasteiger partial charge in [0, 0.05) is 11.8 Å². The lowest BCUT2D eigenvalue weighted by molar-refractivity contribution is -0.383. The van der Waals surface area contributed by atoms with Gasteiger partial charge in [0.2, 0.25) is 0 Å². The molecule has 0 saturated heterocycles. The maximum absolute atomic E-state index is 11.3. The summed E-state index contributed by atoms with van der Waals surface area (Å²) in [7, 11) is 0. The zero-order valence-electron chi connectivity index (χ0n) is 13.9. The fourth-order valence-electron chi connectivity index (χ4n) is 2.77. The van der Waals surface area contributed by atoms with Gasteiger partial charge in [0.1, 0.15) is 11.2 Å². The molecule has 0 fully saturated rings.